The molecule has 5 nitrogen and oxygen atoms in total. The summed E-state index contributed by atoms with van der Waals surface area (Å²) in [6.45, 7) is 1.60. The van der Waals surface area contributed by atoms with Crippen LogP contribution < -0.4 is 10.6 Å². The standard InChI is InChI=1S/C24H27F3N2O3/c1-16(30)29-20-10-12-23(13-11-21(20)31,18-7-3-2-4-8-18)15-28-22(32)17-6-5-9-19(14-17)24(25,26)27/h2-9,14,20-21,31H,10-13,15H2,1H3,(H,28,32)(H,29,30)/t20-,21-,23-/m0/s1. The van der Waals surface area contributed by atoms with Gasteiger partial charge in [-0.25, -0.2) is 0 Å². The normalized spacial score (nSPS) is 23.8. The molecule has 3 N–H and O–H groups in total. The molecule has 0 aromatic heterocycles. The van der Waals surface area contributed by atoms with E-state index in [9.17, 15) is 27.9 Å². The Balaban J connectivity index is 1.82. The molecule has 2 aromatic carbocycles. The Bertz CT molecular complexity index is 949. The summed E-state index contributed by atoms with van der Waals surface area (Å²) in [5.74, 6) is -0.811. The monoisotopic (exact) mass is 448 g/mol. The van der Waals surface area contributed by atoms with Gasteiger partial charge in [0.1, 0.15) is 0 Å². The highest BCUT2D eigenvalue weighted by atomic mass is 19.4. The Morgan fingerprint density at radius 1 is 1.06 bits per heavy atom. The van der Waals surface area contributed by atoms with Crippen LogP contribution in [-0.4, -0.2) is 35.6 Å². The Labute approximate surface area is 185 Å². The predicted octanol–water partition coefficient (Wildman–Crippen LogP) is 3.81. The number of alkyl halides is 3. The van der Waals surface area contributed by atoms with E-state index in [-0.39, 0.29) is 18.0 Å². The third kappa shape index (κ3) is 5.68. The van der Waals surface area contributed by atoms with Crippen molar-refractivity contribution in [2.75, 3.05) is 6.54 Å². The average Bonchev–Trinajstić information content (AvgIpc) is 2.92. The molecule has 0 unspecified atom stereocenters. The number of rotatable bonds is 5. The summed E-state index contributed by atoms with van der Waals surface area (Å²) in [5.41, 5.74) is -0.487. The molecule has 0 bridgehead atoms. The molecule has 1 saturated carbocycles. The molecule has 0 saturated heterocycles. The van der Waals surface area contributed by atoms with Crippen LogP contribution in [0.25, 0.3) is 0 Å². The number of aliphatic hydroxyl groups is 1. The lowest BCUT2D eigenvalue weighted by atomic mass is 9.74. The second-order valence-electron chi connectivity index (χ2n) is 8.36. The summed E-state index contributed by atoms with van der Waals surface area (Å²) in [6, 6.07) is 13.5. The number of hydrogen-bond acceptors (Lipinski definition) is 3. The Hall–Kier alpha value is -2.87. The first kappa shape index (κ1) is 23.8. The maximum atomic E-state index is 13.0. The second kappa shape index (κ2) is 9.73. The van der Waals surface area contributed by atoms with Gasteiger partial charge in [-0.3, -0.25) is 9.59 Å². The van der Waals surface area contributed by atoms with Crippen molar-refractivity contribution >= 4 is 11.8 Å². The van der Waals surface area contributed by atoms with Gasteiger partial charge in [-0.05, 0) is 49.4 Å². The Kier molecular flexibility index (Phi) is 7.23. The van der Waals surface area contributed by atoms with Crippen LogP contribution >= 0.6 is 0 Å². The lowest BCUT2D eigenvalue weighted by Gasteiger charge is -2.34. The molecule has 32 heavy (non-hydrogen) atoms. The molecule has 1 fully saturated rings. The minimum atomic E-state index is -4.53. The van der Waals surface area contributed by atoms with Gasteiger partial charge in [-0.2, -0.15) is 13.2 Å². The van der Waals surface area contributed by atoms with E-state index >= 15 is 0 Å². The molecule has 3 atom stereocenters. The third-order valence-corrected chi connectivity index (χ3v) is 6.13. The fourth-order valence-electron chi connectivity index (χ4n) is 4.35. The van der Waals surface area contributed by atoms with Crippen LogP contribution in [0.1, 0.15) is 54.1 Å². The van der Waals surface area contributed by atoms with E-state index in [4.69, 9.17) is 0 Å². The second-order valence-corrected chi connectivity index (χ2v) is 8.36. The highest BCUT2D eigenvalue weighted by Crippen LogP contribution is 2.38. The number of hydrogen-bond donors (Lipinski definition) is 3. The van der Waals surface area contributed by atoms with E-state index in [0.717, 1.165) is 17.7 Å². The highest BCUT2D eigenvalue weighted by Gasteiger charge is 2.38. The predicted molar refractivity (Wildman–Crippen MR) is 114 cm³/mol. The van der Waals surface area contributed by atoms with Crippen molar-refractivity contribution in [2.24, 2.45) is 0 Å². The first-order valence-corrected chi connectivity index (χ1v) is 10.6. The minimum Gasteiger partial charge on any atom is -0.391 e. The first-order chi connectivity index (χ1) is 15.1. The topological polar surface area (TPSA) is 78.4 Å². The van der Waals surface area contributed by atoms with Crippen molar-refractivity contribution in [3.05, 3.63) is 71.3 Å². The molecular formula is C24H27F3N2O3. The van der Waals surface area contributed by atoms with Gasteiger partial charge in [0, 0.05) is 24.4 Å². The summed E-state index contributed by atoms with van der Waals surface area (Å²) < 4.78 is 39.0. The third-order valence-electron chi connectivity index (χ3n) is 6.13. The minimum absolute atomic E-state index is 0.0622. The summed E-state index contributed by atoms with van der Waals surface area (Å²) >= 11 is 0. The zero-order chi connectivity index (χ0) is 23.4. The van der Waals surface area contributed by atoms with E-state index in [0.29, 0.717) is 25.7 Å². The number of nitrogens with one attached hydrogen (secondary N) is 2. The molecule has 3 rings (SSSR count). The van der Waals surface area contributed by atoms with Crippen molar-refractivity contribution in [3.8, 4) is 0 Å². The van der Waals surface area contributed by atoms with Gasteiger partial charge in [0.2, 0.25) is 5.91 Å². The number of halogens is 3. The quantitative estimate of drug-likeness (QED) is 0.609. The summed E-state index contributed by atoms with van der Waals surface area (Å²) in [6.07, 6.45) is -3.19. The van der Waals surface area contributed by atoms with Crippen LogP contribution in [0.2, 0.25) is 0 Å². The molecule has 1 aliphatic rings. The number of carbonyl (C=O) groups is 2. The highest BCUT2D eigenvalue weighted by molar-refractivity contribution is 5.94. The molecule has 2 amide bonds. The van der Waals surface area contributed by atoms with Gasteiger partial charge in [0.05, 0.1) is 17.7 Å². The van der Waals surface area contributed by atoms with E-state index in [2.05, 4.69) is 10.6 Å². The van der Waals surface area contributed by atoms with Gasteiger partial charge in [0.25, 0.3) is 5.91 Å². The molecular weight excluding hydrogens is 421 g/mol. The van der Waals surface area contributed by atoms with Crippen LogP contribution in [-0.2, 0) is 16.4 Å². The van der Waals surface area contributed by atoms with Crippen molar-refractivity contribution in [3.63, 3.8) is 0 Å². The van der Waals surface area contributed by atoms with Crippen molar-refractivity contribution in [1.82, 2.24) is 10.6 Å². The average molecular weight is 448 g/mol. The van der Waals surface area contributed by atoms with Crippen molar-refractivity contribution in [2.45, 2.75) is 56.3 Å². The molecule has 8 heteroatoms. The zero-order valence-corrected chi connectivity index (χ0v) is 17.8. The molecule has 1 aliphatic carbocycles. The van der Waals surface area contributed by atoms with E-state index in [1.807, 2.05) is 30.3 Å². The smallest absolute Gasteiger partial charge is 0.391 e. The number of aliphatic hydroxyl groups excluding tert-OH is 1. The van der Waals surface area contributed by atoms with Crippen LogP contribution in [0, 0.1) is 0 Å². The fourth-order valence-corrected chi connectivity index (χ4v) is 4.35. The fraction of sp³-hybridized carbons (Fsp3) is 0.417. The van der Waals surface area contributed by atoms with E-state index in [1.54, 1.807) is 0 Å². The maximum Gasteiger partial charge on any atom is 0.416 e. The van der Waals surface area contributed by atoms with Crippen LogP contribution in [0.15, 0.2) is 54.6 Å². The molecule has 0 radical (unpaired) electrons. The Morgan fingerprint density at radius 3 is 2.41 bits per heavy atom. The Morgan fingerprint density at radius 2 is 1.75 bits per heavy atom. The molecule has 0 spiro atoms. The first-order valence-electron chi connectivity index (χ1n) is 10.6. The van der Waals surface area contributed by atoms with Gasteiger partial charge >= 0.3 is 6.18 Å². The summed E-state index contributed by atoms with van der Waals surface area (Å²) in [5, 5.41) is 16.1. The lowest BCUT2D eigenvalue weighted by molar-refractivity contribution is -0.137. The van der Waals surface area contributed by atoms with Crippen LogP contribution in [0.3, 0.4) is 0 Å². The number of benzene rings is 2. The van der Waals surface area contributed by atoms with Crippen LogP contribution in [0.5, 0.6) is 0 Å². The van der Waals surface area contributed by atoms with Crippen molar-refractivity contribution in [1.29, 1.82) is 0 Å². The van der Waals surface area contributed by atoms with E-state index < -0.39 is 35.2 Å². The van der Waals surface area contributed by atoms with Gasteiger partial charge < -0.3 is 15.7 Å². The zero-order valence-electron chi connectivity index (χ0n) is 17.8. The van der Waals surface area contributed by atoms with Gasteiger partial charge in [-0.15, -0.1) is 0 Å². The summed E-state index contributed by atoms with van der Waals surface area (Å²) in [4.78, 5) is 24.2. The van der Waals surface area contributed by atoms with Crippen LogP contribution in [0.4, 0.5) is 13.2 Å². The maximum absolute atomic E-state index is 13.0. The summed E-state index contributed by atoms with van der Waals surface area (Å²) in [7, 11) is 0. The number of amides is 2. The van der Waals surface area contributed by atoms with E-state index in [1.165, 1.54) is 19.1 Å². The molecule has 0 heterocycles. The SMILES string of the molecule is CC(=O)N[C@H]1CC[C@](CNC(=O)c2cccc(C(F)(F)F)c2)(c2ccccc2)CC[C@@H]1O. The van der Waals surface area contributed by atoms with Gasteiger partial charge in [0.15, 0.2) is 0 Å². The lowest BCUT2D eigenvalue weighted by Crippen LogP contribution is -2.42. The molecule has 172 valence electrons. The molecule has 2 aromatic rings. The largest absolute Gasteiger partial charge is 0.416 e. The van der Waals surface area contributed by atoms with Gasteiger partial charge in [-0.1, -0.05) is 36.4 Å². The van der Waals surface area contributed by atoms with Crippen molar-refractivity contribution < 1.29 is 27.9 Å². The molecule has 0 aliphatic heterocycles. The number of carbonyl (C=O) groups excluding carboxylic acids is 2.